The summed E-state index contributed by atoms with van der Waals surface area (Å²) in [6.45, 7) is 0. The Balaban J connectivity index is 1.65. The van der Waals surface area contributed by atoms with Gasteiger partial charge in [-0.15, -0.1) is 0 Å². The number of methoxy groups -OCH3 is 1. The quantitative estimate of drug-likeness (QED) is 0.448. The Morgan fingerprint density at radius 3 is 2.55 bits per heavy atom. The van der Waals surface area contributed by atoms with Gasteiger partial charge in [-0.25, -0.2) is 9.97 Å². The van der Waals surface area contributed by atoms with E-state index in [1.165, 1.54) is 12.5 Å². The second-order valence-corrected chi connectivity index (χ2v) is 7.58. The number of fused-ring (bicyclic) bond motifs is 1. The zero-order valence-electron chi connectivity index (χ0n) is 18.4. The summed E-state index contributed by atoms with van der Waals surface area (Å²) in [6, 6.07) is 13.6. The smallest absolute Gasteiger partial charge is 0.258 e. The summed E-state index contributed by atoms with van der Waals surface area (Å²) in [4.78, 5) is 21.8. The van der Waals surface area contributed by atoms with Gasteiger partial charge in [0.2, 0.25) is 0 Å². The minimum absolute atomic E-state index is 0.287. The van der Waals surface area contributed by atoms with Crippen LogP contribution < -0.4 is 10.1 Å². The van der Waals surface area contributed by atoms with Crippen molar-refractivity contribution in [1.82, 2.24) is 29.5 Å². The van der Waals surface area contributed by atoms with Gasteiger partial charge in [0.25, 0.3) is 5.91 Å². The van der Waals surface area contributed by atoms with Gasteiger partial charge in [-0.1, -0.05) is 30.3 Å². The molecule has 0 bridgehead atoms. The normalized spacial score (nSPS) is 11.0. The fraction of sp³-hybridized carbons (Fsp3) is 0.125. The minimum Gasteiger partial charge on any atom is -0.494 e. The lowest BCUT2D eigenvalue weighted by Crippen LogP contribution is -2.12. The van der Waals surface area contributed by atoms with Crippen molar-refractivity contribution in [3.8, 4) is 28.3 Å². The molecule has 5 aromatic rings. The van der Waals surface area contributed by atoms with Crippen LogP contribution in [0.5, 0.6) is 5.75 Å². The average molecular weight is 439 g/mol. The topological polar surface area (TPSA) is 99.8 Å². The number of aromatic nitrogens is 6. The van der Waals surface area contributed by atoms with E-state index < -0.39 is 0 Å². The van der Waals surface area contributed by atoms with Crippen LogP contribution in [0, 0.1) is 0 Å². The summed E-state index contributed by atoms with van der Waals surface area (Å²) in [5, 5.41) is 12.4. The second kappa shape index (κ2) is 8.19. The number of benzene rings is 2. The van der Waals surface area contributed by atoms with E-state index in [1.54, 1.807) is 35.8 Å². The average Bonchev–Trinajstić information content (AvgIpc) is 3.44. The van der Waals surface area contributed by atoms with E-state index in [2.05, 4.69) is 25.5 Å². The zero-order valence-corrected chi connectivity index (χ0v) is 18.4. The van der Waals surface area contributed by atoms with Crippen LogP contribution >= 0.6 is 0 Å². The maximum absolute atomic E-state index is 12.8. The molecule has 1 N–H and O–H groups in total. The molecule has 3 heterocycles. The number of ether oxygens (including phenoxy) is 1. The molecular weight excluding hydrogens is 418 g/mol. The number of carbonyl (C=O) groups excluding carboxylic acids is 1. The lowest BCUT2D eigenvalue weighted by molar-refractivity contribution is 0.102. The van der Waals surface area contributed by atoms with Gasteiger partial charge in [-0.05, 0) is 6.07 Å². The van der Waals surface area contributed by atoms with Crippen molar-refractivity contribution >= 4 is 22.5 Å². The number of amides is 1. The van der Waals surface area contributed by atoms with Gasteiger partial charge in [0.05, 0.1) is 35.8 Å². The minimum atomic E-state index is -0.287. The van der Waals surface area contributed by atoms with Crippen molar-refractivity contribution < 1.29 is 9.53 Å². The molecule has 0 aliphatic carbocycles. The highest BCUT2D eigenvalue weighted by Gasteiger charge is 2.19. The van der Waals surface area contributed by atoms with Gasteiger partial charge in [-0.2, -0.15) is 10.2 Å². The van der Waals surface area contributed by atoms with Crippen molar-refractivity contribution in [3.05, 3.63) is 72.9 Å². The van der Waals surface area contributed by atoms with E-state index in [0.29, 0.717) is 28.2 Å². The molecule has 0 aliphatic heterocycles. The SMILES string of the molecule is COc1cc2ncnc(-c3cn(C)nc3-c3ccccc3)c2cc1NC(=O)c1cnn(C)c1. The van der Waals surface area contributed by atoms with Crippen LogP contribution in [0.15, 0.2) is 67.4 Å². The fourth-order valence-electron chi connectivity index (χ4n) is 3.77. The van der Waals surface area contributed by atoms with E-state index in [0.717, 1.165) is 22.2 Å². The number of aryl methyl sites for hydroxylation is 2. The summed E-state index contributed by atoms with van der Waals surface area (Å²) in [5.41, 5.74) is 5.03. The van der Waals surface area contributed by atoms with Crippen LogP contribution in [0.3, 0.4) is 0 Å². The predicted octanol–water partition coefficient (Wildman–Crippen LogP) is 3.69. The number of hydrogen-bond donors (Lipinski definition) is 1. The van der Waals surface area contributed by atoms with Crippen molar-refractivity contribution in [2.24, 2.45) is 14.1 Å². The number of carbonyl (C=O) groups is 1. The molecule has 0 fully saturated rings. The molecule has 0 aliphatic rings. The molecule has 3 aromatic heterocycles. The monoisotopic (exact) mass is 439 g/mol. The van der Waals surface area contributed by atoms with E-state index in [4.69, 9.17) is 4.74 Å². The largest absolute Gasteiger partial charge is 0.494 e. The molecule has 5 rings (SSSR count). The summed E-state index contributed by atoms with van der Waals surface area (Å²) < 4.78 is 8.87. The van der Waals surface area contributed by atoms with Crippen LogP contribution in [0.1, 0.15) is 10.4 Å². The maximum Gasteiger partial charge on any atom is 0.258 e. The van der Waals surface area contributed by atoms with Gasteiger partial charge >= 0.3 is 0 Å². The summed E-state index contributed by atoms with van der Waals surface area (Å²) in [7, 11) is 5.19. The van der Waals surface area contributed by atoms with E-state index >= 15 is 0 Å². The van der Waals surface area contributed by atoms with Crippen molar-refractivity contribution in [2.75, 3.05) is 12.4 Å². The van der Waals surface area contributed by atoms with Gasteiger partial charge in [0.1, 0.15) is 17.8 Å². The lowest BCUT2D eigenvalue weighted by Gasteiger charge is -2.13. The van der Waals surface area contributed by atoms with Crippen LogP contribution in [-0.4, -0.2) is 42.5 Å². The standard InChI is InChI=1S/C24H21N7O2/c1-30-12-16(11-27-30)24(32)28-20-9-17-19(10-21(20)33-3)25-14-26-23(17)18-13-31(2)29-22(18)15-7-5-4-6-8-15/h4-14H,1-3H3,(H,28,32). The van der Waals surface area contributed by atoms with Crippen LogP contribution in [-0.2, 0) is 14.1 Å². The highest BCUT2D eigenvalue weighted by Crippen LogP contribution is 2.37. The molecule has 0 radical (unpaired) electrons. The lowest BCUT2D eigenvalue weighted by atomic mass is 10.0. The molecule has 33 heavy (non-hydrogen) atoms. The molecule has 0 saturated carbocycles. The zero-order chi connectivity index (χ0) is 22.9. The van der Waals surface area contributed by atoms with E-state index in [1.807, 2.05) is 49.6 Å². The number of rotatable bonds is 5. The highest BCUT2D eigenvalue weighted by atomic mass is 16.5. The van der Waals surface area contributed by atoms with Gasteiger partial charge in [-0.3, -0.25) is 14.2 Å². The summed E-state index contributed by atoms with van der Waals surface area (Å²) >= 11 is 0. The van der Waals surface area contributed by atoms with Gasteiger partial charge in [0.15, 0.2) is 0 Å². The molecule has 0 spiro atoms. The van der Waals surface area contributed by atoms with Gasteiger partial charge < -0.3 is 10.1 Å². The first-order valence-corrected chi connectivity index (χ1v) is 10.3. The molecule has 0 unspecified atom stereocenters. The van der Waals surface area contributed by atoms with Gasteiger partial charge in [0, 0.05) is 49.1 Å². The second-order valence-electron chi connectivity index (χ2n) is 7.58. The molecule has 1 amide bonds. The Morgan fingerprint density at radius 1 is 1.00 bits per heavy atom. The number of nitrogens with one attached hydrogen (secondary N) is 1. The molecule has 0 atom stereocenters. The highest BCUT2D eigenvalue weighted by molar-refractivity contribution is 6.07. The molecule has 164 valence electrons. The number of hydrogen-bond acceptors (Lipinski definition) is 6. The Labute approximate surface area is 189 Å². The summed E-state index contributed by atoms with van der Waals surface area (Å²) in [5.74, 6) is 0.212. The van der Waals surface area contributed by atoms with E-state index in [-0.39, 0.29) is 5.91 Å². The van der Waals surface area contributed by atoms with Crippen molar-refractivity contribution in [3.63, 3.8) is 0 Å². The predicted molar refractivity (Wildman–Crippen MR) is 125 cm³/mol. The van der Waals surface area contributed by atoms with Crippen LogP contribution in [0.25, 0.3) is 33.4 Å². The molecule has 9 heteroatoms. The third kappa shape index (κ3) is 3.80. The van der Waals surface area contributed by atoms with Crippen molar-refractivity contribution in [1.29, 1.82) is 0 Å². The third-order valence-corrected chi connectivity index (χ3v) is 5.30. The number of anilines is 1. The third-order valence-electron chi connectivity index (χ3n) is 5.30. The summed E-state index contributed by atoms with van der Waals surface area (Å²) in [6.07, 6.45) is 6.62. The Kier molecular flexibility index (Phi) is 5.06. The molecule has 2 aromatic carbocycles. The Hall–Kier alpha value is -4.53. The first-order chi connectivity index (χ1) is 16.0. The fourth-order valence-corrected chi connectivity index (χ4v) is 3.77. The Morgan fingerprint density at radius 2 is 1.82 bits per heavy atom. The molecule has 0 saturated heterocycles. The molecular formula is C24H21N7O2. The maximum atomic E-state index is 12.8. The van der Waals surface area contributed by atoms with E-state index in [9.17, 15) is 4.79 Å². The van der Waals surface area contributed by atoms with Crippen LogP contribution in [0.2, 0.25) is 0 Å². The first-order valence-electron chi connectivity index (χ1n) is 10.3. The Bertz CT molecular complexity index is 1470. The number of nitrogens with zero attached hydrogens (tertiary/aromatic N) is 6. The van der Waals surface area contributed by atoms with Crippen LogP contribution in [0.4, 0.5) is 5.69 Å². The van der Waals surface area contributed by atoms with Crippen molar-refractivity contribution in [2.45, 2.75) is 0 Å². The first kappa shape index (κ1) is 20.4. The molecule has 9 nitrogen and oxygen atoms in total.